The van der Waals surface area contributed by atoms with Gasteiger partial charge in [0, 0.05) is 31.9 Å². The molecule has 0 unspecified atom stereocenters. The van der Waals surface area contributed by atoms with Crippen LogP contribution >= 0.6 is 0 Å². The molecule has 1 heterocycles. The highest BCUT2D eigenvalue weighted by molar-refractivity contribution is 5.76. The molecule has 0 aliphatic carbocycles. The molecule has 1 aromatic heterocycles. The van der Waals surface area contributed by atoms with E-state index in [1.807, 2.05) is 11.6 Å². The zero-order valence-electron chi connectivity index (χ0n) is 11.5. The highest BCUT2D eigenvalue weighted by Crippen LogP contribution is 2.20. The van der Waals surface area contributed by atoms with Gasteiger partial charge >= 0.3 is 0 Å². The maximum Gasteiger partial charge on any atom is 0.169 e. The van der Waals surface area contributed by atoms with E-state index < -0.39 is 0 Å². The maximum absolute atomic E-state index is 2.16. The monoisotopic (exact) mass is 366 g/mol. The first kappa shape index (κ1) is 15.7. The molecule has 0 radical (unpaired) electrons. The standard InChI is InChI=1S/C16H19N2.HI/c1-17(2)16-7-5-4-6-15(16)9-8-14-10-12-18(3)13-11-14;/h4-13H,1-3H3;1H/q+1;/p-1. The number of aryl methyl sites for hydroxylation is 1. The molecule has 0 saturated heterocycles. The van der Waals surface area contributed by atoms with Crippen molar-refractivity contribution < 1.29 is 28.5 Å². The van der Waals surface area contributed by atoms with Crippen molar-refractivity contribution in [2.24, 2.45) is 7.05 Å². The molecule has 100 valence electrons. The van der Waals surface area contributed by atoms with Crippen LogP contribution in [0, 0.1) is 0 Å². The molecule has 2 nitrogen and oxygen atoms in total. The van der Waals surface area contributed by atoms with Gasteiger partial charge in [0.15, 0.2) is 12.4 Å². The molecule has 0 fully saturated rings. The van der Waals surface area contributed by atoms with Crippen LogP contribution in [0.15, 0.2) is 48.8 Å². The summed E-state index contributed by atoms with van der Waals surface area (Å²) in [5.74, 6) is 0. The lowest BCUT2D eigenvalue weighted by atomic mass is 10.1. The van der Waals surface area contributed by atoms with Crippen molar-refractivity contribution in [3.8, 4) is 0 Å². The molecular formula is C16H19IN2. The van der Waals surface area contributed by atoms with Gasteiger partial charge in [-0.3, -0.25) is 0 Å². The molecule has 2 aromatic rings. The molecule has 0 spiro atoms. The van der Waals surface area contributed by atoms with Crippen LogP contribution in [-0.2, 0) is 7.05 Å². The Kier molecular flexibility index (Phi) is 6.02. The highest BCUT2D eigenvalue weighted by Gasteiger charge is 1.99. The number of aromatic nitrogens is 1. The average Bonchev–Trinajstić information content (AvgIpc) is 2.38. The minimum absolute atomic E-state index is 0. The second-order valence-electron chi connectivity index (χ2n) is 4.58. The van der Waals surface area contributed by atoms with E-state index in [1.165, 1.54) is 16.8 Å². The summed E-state index contributed by atoms with van der Waals surface area (Å²) in [6.07, 6.45) is 8.40. The minimum atomic E-state index is 0. The Morgan fingerprint density at radius 3 is 2.21 bits per heavy atom. The molecule has 1 aromatic carbocycles. The molecular weight excluding hydrogens is 347 g/mol. The largest absolute Gasteiger partial charge is 1.00 e. The molecule has 0 bridgehead atoms. The van der Waals surface area contributed by atoms with Gasteiger partial charge in [0.25, 0.3) is 0 Å². The second kappa shape index (κ2) is 7.28. The summed E-state index contributed by atoms with van der Waals surface area (Å²) in [6.45, 7) is 0. The second-order valence-corrected chi connectivity index (χ2v) is 4.58. The fourth-order valence-corrected chi connectivity index (χ4v) is 1.85. The van der Waals surface area contributed by atoms with Gasteiger partial charge in [-0.05, 0) is 17.2 Å². The number of anilines is 1. The van der Waals surface area contributed by atoms with Crippen molar-refractivity contribution in [3.63, 3.8) is 0 Å². The van der Waals surface area contributed by atoms with E-state index in [2.05, 4.69) is 79.9 Å². The van der Waals surface area contributed by atoms with E-state index in [1.54, 1.807) is 0 Å². The van der Waals surface area contributed by atoms with Gasteiger partial charge in [-0.25, -0.2) is 4.57 Å². The van der Waals surface area contributed by atoms with E-state index in [0.717, 1.165) is 0 Å². The lowest BCUT2D eigenvalue weighted by molar-refractivity contribution is -0.671. The van der Waals surface area contributed by atoms with Crippen LogP contribution in [0.4, 0.5) is 5.69 Å². The van der Waals surface area contributed by atoms with Gasteiger partial charge in [-0.1, -0.05) is 30.4 Å². The van der Waals surface area contributed by atoms with Crippen molar-refractivity contribution in [1.29, 1.82) is 0 Å². The van der Waals surface area contributed by atoms with Gasteiger partial charge in [0.05, 0.1) is 0 Å². The Balaban J connectivity index is 0.00000180. The van der Waals surface area contributed by atoms with Crippen LogP contribution in [0.2, 0.25) is 0 Å². The summed E-state index contributed by atoms with van der Waals surface area (Å²) in [6, 6.07) is 12.6. The zero-order valence-corrected chi connectivity index (χ0v) is 13.7. The third-order valence-electron chi connectivity index (χ3n) is 2.88. The lowest BCUT2D eigenvalue weighted by Crippen LogP contribution is -3.00. The minimum Gasteiger partial charge on any atom is -1.00 e. The van der Waals surface area contributed by atoms with Crippen LogP contribution in [0.1, 0.15) is 11.1 Å². The van der Waals surface area contributed by atoms with Crippen LogP contribution < -0.4 is 33.4 Å². The van der Waals surface area contributed by atoms with Gasteiger partial charge in [-0.15, -0.1) is 0 Å². The zero-order chi connectivity index (χ0) is 13.0. The molecule has 2 rings (SSSR count). The van der Waals surface area contributed by atoms with E-state index >= 15 is 0 Å². The first-order chi connectivity index (χ1) is 8.66. The number of rotatable bonds is 3. The van der Waals surface area contributed by atoms with Gasteiger partial charge < -0.3 is 28.9 Å². The van der Waals surface area contributed by atoms with E-state index in [-0.39, 0.29) is 24.0 Å². The number of hydrogen-bond donors (Lipinski definition) is 0. The molecule has 0 amide bonds. The predicted octanol–water partition coefficient (Wildman–Crippen LogP) is -0.248. The third kappa shape index (κ3) is 4.35. The maximum atomic E-state index is 2.16. The smallest absolute Gasteiger partial charge is 0.169 e. The Morgan fingerprint density at radius 1 is 0.947 bits per heavy atom. The number of nitrogens with zero attached hydrogens (tertiary/aromatic N) is 2. The summed E-state index contributed by atoms with van der Waals surface area (Å²) in [4.78, 5) is 2.13. The van der Waals surface area contributed by atoms with Crippen molar-refractivity contribution in [3.05, 3.63) is 59.9 Å². The Hall–Kier alpha value is -1.36. The molecule has 0 N–H and O–H groups in total. The van der Waals surface area contributed by atoms with Crippen molar-refractivity contribution in [2.45, 2.75) is 0 Å². The number of hydrogen-bond acceptors (Lipinski definition) is 1. The quantitative estimate of drug-likeness (QED) is 0.537. The van der Waals surface area contributed by atoms with Crippen molar-refractivity contribution >= 4 is 17.8 Å². The van der Waals surface area contributed by atoms with Gasteiger partial charge in [-0.2, -0.15) is 0 Å². The topological polar surface area (TPSA) is 7.12 Å². The average molecular weight is 366 g/mol. The first-order valence-electron chi connectivity index (χ1n) is 6.06. The van der Waals surface area contributed by atoms with Gasteiger partial charge in [0.2, 0.25) is 0 Å². The molecule has 19 heavy (non-hydrogen) atoms. The molecule has 0 aliphatic heterocycles. The number of halogens is 1. The molecule has 0 saturated carbocycles. The Bertz CT molecular complexity index is 545. The van der Waals surface area contributed by atoms with E-state index in [0.29, 0.717) is 0 Å². The predicted molar refractivity (Wildman–Crippen MR) is 77.3 cm³/mol. The van der Waals surface area contributed by atoms with Gasteiger partial charge in [0.1, 0.15) is 7.05 Å². The summed E-state index contributed by atoms with van der Waals surface area (Å²) >= 11 is 0. The first-order valence-corrected chi connectivity index (χ1v) is 6.06. The SMILES string of the molecule is CN(C)c1ccccc1C=Cc1cc[n+](C)cc1.[I-]. The summed E-state index contributed by atoms with van der Waals surface area (Å²) in [5.41, 5.74) is 3.67. The molecule has 3 heteroatoms. The van der Waals surface area contributed by atoms with E-state index in [9.17, 15) is 0 Å². The van der Waals surface area contributed by atoms with E-state index in [4.69, 9.17) is 0 Å². The van der Waals surface area contributed by atoms with Crippen LogP contribution in [-0.4, -0.2) is 14.1 Å². The summed E-state index contributed by atoms with van der Waals surface area (Å²) in [7, 11) is 6.15. The normalized spacial score (nSPS) is 10.3. The Morgan fingerprint density at radius 2 is 1.58 bits per heavy atom. The number of para-hydroxylation sites is 1. The third-order valence-corrected chi connectivity index (χ3v) is 2.88. The molecule has 0 atom stereocenters. The number of benzene rings is 1. The van der Waals surface area contributed by atoms with Crippen LogP contribution in [0.5, 0.6) is 0 Å². The van der Waals surface area contributed by atoms with Crippen LogP contribution in [0.25, 0.3) is 12.2 Å². The lowest BCUT2D eigenvalue weighted by Gasteiger charge is -2.15. The van der Waals surface area contributed by atoms with Crippen molar-refractivity contribution in [1.82, 2.24) is 0 Å². The Labute approximate surface area is 132 Å². The fourth-order valence-electron chi connectivity index (χ4n) is 1.85. The highest BCUT2D eigenvalue weighted by atomic mass is 127. The summed E-state index contributed by atoms with van der Waals surface area (Å²) < 4.78 is 2.03. The van der Waals surface area contributed by atoms with Crippen LogP contribution in [0.3, 0.4) is 0 Å². The van der Waals surface area contributed by atoms with Crippen molar-refractivity contribution in [2.75, 3.05) is 19.0 Å². The molecule has 0 aliphatic rings. The summed E-state index contributed by atoms with van der Waals surface area (Å²) in [5, 5.41) is 0. The fraction of sp³-hybridized carbons (Fsp3) is 0.188. The number of pyridine rings is 1.